The zero-order valence-corrected chi connectivity index (χ0v) is 21.9. The third kappa shape index (κ3) is 6.29. The normalized spacial score (nSPS) is 18.1. The first-order valence-corrected chi connectivity index (χ1v) is 13.2. The van der Waals surface area contributed by atoms with Crippen LogP contribution >= 0.6 is 0 Å². The Bertz CT molecular complexity index is 1300. The van der Waals surface area contributed by atoms with Crippen molar-refractivity contribution in [1.29, 1.82) is 0 Å². The minimum Gasteiger partial charge on any atom is -0.481 e. The summed E-state index contributed by atoms with van der Waals surface area (Å²) in [5, 5.41) is 14.7. The lowest BCUT2D eigenvalue weighted by atomic mass is 9.98. The van der Waals surface area contributed by atoms with Crippen LogP contribution in [-0.4, -0.2) is 60.8 Å². The Hall–Kier alpha value is -4.17. The molecular weight excluding hydrogens is 494 g/mol. The van der Waals surface area contributed by atoms with E-state index in [-0.39, 0.29) is 37.4 Å². The average Bonchev–Trinajstić information content (AvgIpc) is 3.66. The van der Waals surface area contributed by atoms with E-state index in [9.17, 15) is 14.4 Å². The molecule has 3 N–H and O–H groups in total. The van der Waals surface area contributed by atoms with Gasteiger partial charge in [-0.05, 0) is 47.2 Å². The number of aliphatic carboxylic acids is 1. The van der Waals surface area contributed by atoms with Crippen LogP contribution in [0.2, 0.25) is 0 Å². The molecule has 0 spiro atoms. The summed E-state index contributed by atoms with van der Waals surface area (Å²) in [6.45, 7) is 1.27. The van der Waals surface area contributed by atoms with Crippen LogP contribution in [0.1, 0.15) is 29.0 Å². The van der Waals surface area contributed by atoms with Crippen molar-refractivity contribution in [2.75, 3.05) is 26.7 Å². The Labute approximate surface area is 228 Å². The first-order valence-electron chi connectivity index (χ1n) is 13.2. The van der Waals surface area contributed by atoms with E-state index in [1.54, 1.807) is 0 Å². The summed E-state index contributed by atoms with van der Waals surface area (Å²) in [6, 6.07) is 25.2. The van der Waals surface area contributed by atoms with E-state index in [0.29, 0.717) is 13.0 Å². The zero-order chi connectivity index (χ0) is 27.4. The van der Waals surface area contributed by atoms with Gasteiger partial charge in [-0.25, -0.2) is 4.79 Å². The largest absolute Gasteiger partial charge is 0.481 e. The fourth-order valence-electron chi connectivity index (χ4n) is 5.38. The summed E-state index contributed by atoms with van der Waals surface area (Å²) in [5.41, 5.74) is 5.59. The molecule has 202 valence electrons. The molecule has 2 aliphatic rings. The second-order valence-corrected chi connectivity index (χ2v) is 10.4. The van der Waals surface area contributed by atoms with Gasteiger partial charge in [0.1, 0.15) is 12.6 Å². The fraction of sp³-hybridized carbons (Fsp3) is 0.323. The molecule has 39 heavy (non-hydrogen) atoms. The zero-order valence-electron chi connectivity index (χ0n) is 21.9. The molecule has 3 aromatic rings. The molecule has 5 rings (SSSR count). The number of carbonyl (C=O) groups excluding carboxylic acids is 2. The second-order valence-electron chi connectivity index (χ2n) is 10.4. The van der Waals surface area contributed by atoms with E-state index in [4.69, 9.17) is 9.84 Å². The number of amides is 2. The number of carboxylic acids is 1. The van der Waals surface area contributed by atoms with Gasteiger partial charge >= 0.3 is 12.1 Å². The fourth-order valence-corrected chi connectivity index (χ4v) is 5.38. The van der Waals surface area contributed by atoms with E-state index in [2.05, 4.69) is 34.9 Å². The van der Waals surface area contributed by atoms with Gasteiger partial charge in [0.05, 0.1) is 5.92 Å². The van der Waals surface area contributed by atoms with E-state index in [0.717, 1.165) is 27.8 Å². The predicted octanol–water partition coefficient (Wildman–Crippen LogP) is 3.86. The van der Waals surface area contributed by atoms with E-state index in [1.165, 1.54) is 0 Å². The van der Waals surface area contributed by atoms with Crippen LogP contribution in [0.5, 0.6) is 0 Å². The molecule has 8 heteroatoms. The number of nitrogens with zero attached hydrogens (tertiary/aromatic N) is 1. The maximum atomic E-state index is 13.1. The molecule has 1 saturated carbocycles. The molecule has 3 atom stereocenters. The number of likely N-dealkylation sites (N-methyl/N-ethyl adjacent to an activating group) is 1. The van der Waals surface area contributed by atoms with Crippen LogP contribution in [-0.2, 0) is 20.9 Å². The highest BCUT2D eigenvalue weighted by Crippen LogP contribution is 2.44. The number of benzene rings is 3. The summed E-state index contributed by atoms with van der Waals surface area (Å²) >= 11 is 0. The third-order valence-electron chi connectivity index (χ3n) is 7.52. The molecule has 0 heterocycles. The van der Waals surface area contributed by atoms with Crippen molar-refractivity contribution in [3.63, 3.8) is 0 Å². The number of carboxylic acid groups (broad SMARTS) is 1. The third-order valence-corrected chi connectivity index (χ3v) is 7.52. The van der Waals surface area contributed by atoms with Gasteiger partial charge < -0.3 is 20.5 Å². The molecule has 0 aliphatic heterocycles. The highest BCUT2D eigenvalue weighted by Gasteiger charge is 2.43. The predicted molar refractivity (Wildman–Crippen MR) is 147 cm³/mol. The summed E-state index contributed by atoms with van der Waals surface area (Å²) < 4.78 is 5.68. The molecule has 0 radical (unpaired) electrons. The van der Waals surface area contributed by atoms with Crippen LogP contribution < -0.4 is 10.6 Å². The molecule has 8 nitrogen and oxygen atoms in total. The maximum absolute atomic E-state index is 13.1. The minimum absolute atomic E-state index is 0.0800. The molecule has 3 unspecified atom stereocenters. The van der Waals surface area contributed by atoms with E-state index >= 15 is 0 Å². The number of hydrogen-bond donors (Lipinski definition) is 3. The van der Waals surface area contributed by atoms with Crippen molar-refractivity contribution in [2.45, 2.75) is 24.9 Å². The highest BCUT2D eigenvalue weighted by atomic mass is 16.5. The molecule has 0 saturated heterocycles. The monoisotopic (exact) mass is 527 g/mol. The number of nitrogens with one attached hydrogen (secondary N) is 2. The molecule has 1 fully saturated rings. The van der Waals surface area contributed by atoms with Gasteiger partial charge in [-0.3, -0.25) is 14.5 Å². The van der Waals surface area contributed by atoms with Crippen molar-refractivity contribution in [3.05, 3.63) is 95.6 Å². The van der Waals surface area contributed by atoms with Gasteiger partial charge in [0.2, 0.25) is 5.91 Å². The summed E-state index contributed by atoms with van der Waals surface area (Å²) in [4.78, 5) is 39.2. The van der Waals surface area contributed by atoms with Crippen molar-refractivity contribution < 1.29 is 24.2 Å². The van der Waals surface area contributed by atoms with Crippen LogP contribution in [0.15, 0.2) is 78.9 Å². The topological polar surface area (TPSA) is 108 Å². The molecule has 0 bridgehead atoms. The SMILES string of the molecule is CN(Cc1ccccc1)CC(NC(=O)OCC1c2ccccc2-c2ccccc21)C(=O)NCC1CC1C(=O)O. The molecule has 0 aromatic heterocycles. The van der Waals surface area contributed by atoms with Crippen LogP contribution in [0.25, 0.3) is 11.1 Å². The van der Waals surface area contributed by atoms with Gasteiger partial charge in [0, 0.05) is 25.6 Å². The number of ether oxygens (including phenoxy) is 1. The maximum Gasteiger partial charge on any atom is 0.407 e. The standard InChI is InChI=1S/C31H33N3O5/c1-34(17-20-9-3-2-4-10-20)18-28(29(35)32-16-21-15-26(21)30(36)37)33-31(38)39-19-27-24-13-7-5-11-22(24)23-12-6-8-14-25(23)27/h2-14,21,26-28H,15-19H2,1H3,(H,32,35)(H,33,38)(H,36,37). The second kappa shape index (κ2) is 11.7. The van der Waals surface area contributed by atoms with Gasteiger partial charge in [0.25, 0.3) is 0 Å². The molecular formula is C31H33N3O5. The van der Waals surface area contributed by atoms with Crippen molar-refractivity contribution in [2.24, 2.45) is 11.8 Å². The van der Waals surface area contributed by atoms with Gasteiger partial charge in [-0.2, -0.15) is 0 Å². The molecule has 2 aliphatic carbocycles. The van der Waals surface area contributed by atoms with Crippen LogP contribution in [0.3, 0.4) is 0 Å². The Balaban J connectivity index is 1.22. The van der Waals surface area contributed by atoms with E-state index < -0.39 is 24.0 Å². The highest BCUT2D eigenvalue weighted by molar-refractivity contribution is 5.86. The first kappa shape index (κ1) is 26.4. The lowest BCUT2D eigenvalue weighted by Crippen LogP contribution is -2.52. The first-order chi connectivity index (χ1) is 18.9. The van der Waals surface area contributed by atoms with Crippen LogP contribution in [0.4, 0.5) is 4.79 Å². The number of alkyl carbamates (subject to hydrolysis) is 1. The van der Waals surface area contributed by atoms with Crippen molar-refractivity contribution in [3.8, 4) is 11.1 Å². The lowest BCUT2D eigenvalue weighted by molar-refractivity contribution is -0.139. The Morgan fingerprint density at radius 1 is 0.949 bits per heavy atom. The number of hydrogen-bond acceptors (Lipinski definition) is 5. The molecule has 2 amide bonds. The minimum atomic E-state index is -0.864. The Kier molecular flexibility index (Phi) is 7.93. The van der Waals surface area contributed by atoms with Crippen molar-refractivity contribution >= 4 is 18.0 Å². The number of rotatable bonds is 11. The van der Waals surface area contributed by atoms with Crippen LogP contribution in [0, 0.1) is 11.8 Å². The summed E-state index contributed by atoms with van der Waals surface area (Å²) in [7, 11) is 1.88. The summed E-state index contributed by atoms with van der Waals surface area (Å²) in [5.74, 6) is -1.79. The van der Waals surface area contributed by atoms with E-state index in [1.807, 2.05) is 66.5 Å². The lowest BCUT2D eigenvalue weighted by Gasteiger charge is -2.25. The molecule has 3 aromatic carbocycles. The smallest absolute Gasteiger partial charge is 0.407 e. The van der Waals surface area contributed by atoms with Gasteiger partial charge in [-0.1, -0.05) is 78.9 Å². The Morgan fingerprint density at radius 2 is 1.56 bits per heavy atom. The Morgan fingerprint density at radius 3 is 2.18 bits per heavy atom. The van der Waals surface area contributed by atoms with Gasteiger partial charge in [0.15, 0.2) is 0 Å². The van der Waals surface area contributed by atoms with Crippen molar-refractivity contribution in [1.82, 2.24) is 15.5 Å². The summed E-state index contributed by atoms with van der Waals surface area (Å²) in [6.07, 6.45) is -0.117. The average molecular weight is 528 g/mol. The quantitative estimate of drug-likeness (QED) is 0.350. The number of fused-ring (bicyclic) bond motifs is 3. The number of carbonyl (C=O) groups is 3. The van der Waals surface area contributed by atoms with Gasteiger partial charge in [-0.15, -0.1) is 0 Å².